The van der Waals surface area contributed by atoms with Gasteiger partial charge in [-0.15, -0.1) is 11.3 Å². The molecule has 0 radical (unpaired) electrons. The normalized spacial score (nSPS) is 15.8. The van der Waals surface area contributed by atoms with Crippen LogP contribution >= 0.6 is 11.3 Å². The number of sulfonamides is 1. The number of nitrogens with zero attached hydrogens (tertiary/aromatic N) is 2. The first kappa shape index (κ1) is 18.9. The largest absolute Gasteiger partial charge is 0.494 e. The van der Waals surface area contributed by atoms with Gasteiger partial charge >= 0.3 is 0 Å². The lowest BCUT2D eigenvalue weighted by Crippen LogP contribution is -2.50. The number of hydrogen-bond acceptors (Lipinski definition) is 5. The van der Waals surface area contributed by atoms with Crippen LogP contribution in [0.5, 0.6) is 5.75 Å². The minimum atomic E-state index is -3.44. The first-order valence-electron chi connectivity index (χ1n) is 8.54. The molecule has 1 saturated heterocycles. The molecule has 1 aliphatic heterocycles. The van der Waals surface area contributed by atoms with Crippen LogP contribution in [0.15, 0.2) is 46.0 Å². The van der Waals surface area contributed by atoms with Crippen molar-refractivity contribution in [2.75, 3.05) is 32.8 Å². The summed E-state index contributed by atoms with van der Waals surface area (Å²) in [7, 11) is -3.44. The molecule has 1 amide bonds. The fourth-order valence-electron chi connectivity index (χ4n) is 2.87. The van der Waals surface area contributed by atoms with Gasteiger partial charge < -0.3 is 9.64 Å². The Kier molecular flexibility index (Phi) is 5.95. The molecule has 1 aliphatic rings. The van der Waals surface area contributed by atoms with Crippen molar-refractivity contribution >= 4 is 27.3 Å². The molecule has 0 spiro atoms. The van der Waals surface area contributed by atoms with Crippen LogP contribution in [0.2, 0.25) is 0 Å². The molecular formula is C18H22N2O4S2. The number of piperazine rings is 1. The molecule has 1 aromatic heterocycles. The molecule has 3 rings (SSSR count). The SMILES string of the molecule is CCOc1ccc(CC(=O)N2CCN(S(=O)(=O)c3cccs3)CC2)cc1. The van der Waals surface area contributed by atoms with Crippen LogP contribution < -0.4 is 4.74 Å². The van der Waals surface area contributed by atoms with Gasteiger partial charge in [-0.1, -0.05) is 18.2 Å². The van der Waals surface area contributed by atoms with Crippen LogP contribution in [0.3, 0.4) is 0 Å². The van der Waals surface area contributed by atoms with Gasteiger partial charge in [0.15, 0.2) is 0 Å². The predicted molar refractivity (Wildman–Crippen MR) is 101 cm³/mol. The van der Waals surface area contributed by atoms with Gasteiger partial charge in [-0.25, -0.2) is 8.42 Å². The maximum Gasteiger partial charge on any atom is 0.252 e. The Labute approximate surface area is 158 Å². The van der Waals surface area contributed by atoms with Crippen LogP contribution in [0, 0.1) is 0 Å². The Morgan fingerprint density at radius 2 is 1.81 bits per heavy atom. The lowest BCUT2D eigenvalue weighted by molar-refractivity contribution is -0.131. The third-order valence-electron chi connectivity index (χ3n) is 4.27. The van der Waals surface area contributed by atoms with E-state index < -0.39 is 10.0 Å². The number of ether oxygens (including phenoxy) is 1. The lowest BCUT2D eigenvalue weighted by atomic mass is 10.1. The number of carbonyl (C=O) groups is 1. The molecule has 0 bridgehead atoms. The first-order valence-corrected chi connectivity index (χ1v) is 10.9. The Balaban J connectivity index is 1.55. The van der Waals surface area contributed by atoms with E-state index in [1.807, 2.05) is 31.2 Å². The summed E-state index contributed by atoms with van der Waals surface area (Å²) in [6.45, 7) is 4.03. The molecule has 0 aliphatic carbocycles. The van der Waals surface area contributed by atoms with Gasteiger partial charge in [-0.3, -0.25) is 4.79 Å². The number of hydrogen-bond donors (Lipinski definition) is 0. The molecule has 6 nitrogen and oxygen atoms in total. The third-order valence-corrected chi connectivity index (χ3v) is 7.54. The average Bonchev–Trinajstić information content (AvgIpc) is 3.19. The maximum absolute atomic E-state index is 12.5. The molecule has 140 valence electrons. The molecule has 1 aromatic carbocycles. The van der Waals surface area contributed by atoms with Crippen molar-refractivity contribution in [2.24, 2.45) is 0 Å². The second-order valence-corrected chi connectivity index (χ2v) is 9.08. The summed E-state index contributed by atoms with van der Waals surface area (Å²) >= 11 is 1.22. The highest BCUT2D eigenvalue weighted by molar-refractivity contribution is 7.91. The second kappa shape index (κ2) is 8.20. The quantitative estimate of drug-likeness (QED) is 0.754. The molecule has 8 heteroatoms. The Hall–Kier alpha value is -1.90. The molecular weight excluding hydrogens is 372 g/mol. The zero-order valence-electron chi connectivity index (χ0n) is 14.6. The number of carbonyl (C=O) groups excluding carboxylic acids is 1. The highest BCUT2D eigenvalue weighted by atomic mass is 32.2. The Morgan fingerprint density at radius 3 is 2.38 bits per heavy atom. The summed E-state index contributed by atoms with van der Waals surface area (Å²) in [6, 6.07) is 10.8. The van der Waals surface area contributed by atoms with Gasteiger partial charge in [-0.2, -0.15) is 4.31 Å². The van der Waals surface area contributed by atoms with E-state index in [1.54, 1.807) is 22.4 Å². The van der Waals surface area contributed by atoms with Crippen LogP contribution in [-0.2, 0) is 21.2 Å². The number of thiophene rings is 1. The van der Waals surface area contributed by atoms with Gasteiger partial charge in [0.05, 0.1) is 13.0 Å². The Bertz CT molecular complexity index is 825. The molecule has 26 heavy (non-hydrogen) atoms. The minimum Gasteiger partial charge on any atom is -0.494 e. The standard InChI is InChI=1S/C18H22N2O4S2/c1-2-24-16-7-5-15(6-8-16)14-17(21)19-9-11-20(12-10-19)26(22,23)18-4-3-13-25-18/h3-8,13H,2,9-12,14H2,1H3. The van der Waals surface area contributed by atoms with E-state index in [0.29, 0.717) is 43.4 Å². The van der Waals surface area contributed by atoms with Crippen molar-refractivity contribution in [3.63, 3.8) is 0 Å². The van der Waals surface area contributed by atoms with Crippen LogP contribution in [0.1, 0.15) is 12.5 Å². The lowest BCUT2D eigenvalue weighted by Gasteiger charge is -2.33. The third kappa shape index (κ3) is 4.25. The summed E-state index contributed by atoms with van der Waals surface area (Å²) in [5, 5.41) is 1.75. The second-order valence-electron chi connectivity index (χ2n) is 5.97. The highest BCUT2D eigenvalue weighted by Crippen LogP contribution is 2.22. The van der Waals surface area contributed by atoms with Gasteiger partial charge in [0, 0.05) is 26.2 Å². The van der Waals surface area contributed by atoms with E-state index >= 15 is 0 Å². The van der Waals surface area contributed by atoms with E-state index in [1.165, 1.54) is 15.6 Å². The highest BCUT2D eigenvalue weighted by Gasteiger charge is 2.30. The average molecular weight is 395 g/mol. The van der Waals surface area contributed by atoms with Gasteiger partial charge in [0.25, 0.3) is 10.0 Å². The van der Waals surface area contributed by atoms with Crippen molar-refractivity contribution in [3.05, 3.63) is 47.3 Å². The predicted octanol–water partition coefficient (Wildman–Crippen LogP) is 2.22. The minimum absolute atomic E-state index is 0.0160. The van der Waals surface area contributed by atoms with Crippen LogP contribution in [0.4, 0.5) is 0 Å². The fraction of sp³-hybridized carbons (Fsp3) is 0.389. The summed E-state index contributed by atoms with van der Waals surface area (Å²) in [5.74, 6) is 0.804. The summed E-state index contributed by atoms with van der Waals surface area (Å²) in [5.41, 5.74) is 0.923. The fourth-order valence-corrected chi connectivity index (χ4v) is 5.44. The van der Waals surface area contributed by atoms with Crippen LogP contribution in [-0.4, -0.2) is 56.3 Å². The number of rotatable bonds is 6. The summed E-state index contributed by atoms with van der Waals surface area (Å²) in [6.07, 6.45) is 0.310. The smallest absolute Gasteiger partial charge is 0.252 e. The number of benzene rings is 1. The monoisotopic (exact) mass is 394 g/mol. The van der Waals surface area contributed by atoms with Gasteiger partial charge in [-0.05, 0) is 36.1 Å². The van der Waals surface area contributed by atoms with E-state index in [4.69, 9.17) is 4.74 Å². The van der Waals surface area contributed by atoms with Crippen molar-refractivity contribution in [3.8, 4) is 5.75 Å². The summed E-state index contributed by atoms with van der Waals surface area (Å²) < 4.78 is 32.3. The first-order chi connectivity index (χ1) is 12.5. The van der Waals surface area contributed by atoms with E-state index in [2.05, 4.69) is 0 Å². The molecule has 0 N–H and O–H groups in total. The maximum atomic E-state index is 12.5. The Morgan fingerprint density at radius 1 is 1.12 bits per heavy atom. The van der Waals surface area contributed by atoms with Crippen molar-refractivity contribution in [1.82, 2.24) is 9.21 Å². The van der Waals surface area contributed by atoms with Crippen molar-refractivity contribution in [1.29, 1.82) is 0 Å². The zero-order valence-corrected chi connectivity index (χ0v) is 16.3. The van der Waals surface area contributed by atoms with Crippen molar-refractivity contribution < 1.29 is 17.9 Å². The zero-order chi connectivity index (χ0) is 18.6. The molecule has 0 atom stereocenters. The molecule has 2 heterocycles. The molecule has 0 saturated carbocycles. The molecule has 2 aromatic rings. The molecule has 0 unspecified atom stereocenters. The van der Waals surface area contributed by atoms with E-state index in [0.717, 1.165) is 11.3 Å². The van der Waals surface area contributed by atoms with E-state index in [-0.39, 0.29) is 5.91 Å². The summed E-state index contributed by atoms with van der Waals surface area (Å²) in [4.78, 5) is 14.2. The molecule has 1 fully saturated rings. The van der Waals surface area contributed by atoms with Gasteiger partial charge in [0.2, 0.25) is 5.91 Å². The van der Waals surface area contributed by atoms with Crippen LogP contribution in [0.25, 0.3) is 0 Å². The topological polar surface area (TPSA) is 66.9 Å². The number of amides is 1. The van der Waals surface area contributed by atoms with E-state index in [9.17, 15) is 13.2 Å². The van der Waals surface area contributed by atoms with Crippen molar-refractivity contribution in [2.45, 2.75) is 17.6 Å². The van der Waals surface area contributed by atoms with Gasteiger partial charge in [0.1, 0.15) is 9.96 Å².